The third-order valence-electron chi connectivity index (χ3n) is 2.44. The van der Waals surface area contributed by atoms with Crippen LogP contribution in [-0.2, 0) is 0 Å². The summed E-state index contributed by atoms with van der Waals surface area (Å²) in [5, 5.41) is 8.39. The Labute approximate surface area is 69.4 Å². The first-order chi connectivity index (χ1) is 5.43. The molecule has 0 atom stereocenters. The Hall–Kier alpha value is -0.510. The van der Waals surface area contributed by atoms with Gasteiger partial charge < -0.3 is 0 Å². The Morgan fingerprint density at radius 2 is 1.82 bits per heavy atom. The number of rotatable bonds is 2. The lowest BCUT2D eigenvalue weighted by molar-refractivity contribution is 0.517. The van der Waals surface area contributed by atoms with Crippen molar-refractivity contribution in [2.45, 2.75) is 44.9 Å². The summed E-state index contributed by atoms with van der Waals surface area (Å²) in [5.41, 5.74) is 0. The topological polar surface area (TPSA) is 23.8 Å². The maximum absolute atomic E-state index is 8.39. The Balaban J connectivity index is 2.15. The van der Waals surface area contributed by atoms with Crippen LogP contribution in [0.5, 0.6) is 0 Å². The highest BCUT2D eigenvalue weighted by Gasteiger charge is 2.11. The molecule has 1 fully saturated rings. The third-order valence-corrected chi connectivity index (χ3v) is 2.44. The predicted molar refractivity (Wildman–Crippen MR) is 45.7 cm³/mol. The maximum atomic E-state index is 8.39. The Bertz CT molecular complexity index is 126. The zero-order valence-electron chi connectivity index (χ0n) is 7.05. The van der Waals surface area contributed by atoms with Gasteiger partial charge in [-0.25, -0.2) is 0 Å². The van der Waals surface area contributed by atoms with Crippen molar-refractivity contribution in [3.05, 3.63) is 6.42 Å². The zero-order chi connectivity index (χ0) is 7.94. The summed E-state index contributed by atoms with van der Waals surface area (Å²) < 4.78 is 0. The van der Waals surface area contributed by atoms with E-state index in [4.69, 9.17) is 5.26 Å². The smallest absolute Gasteiger partial charge is 0.0624 e. The quantitative estimate of drug-likeness (QED) is 0.555. The molecule has 0 spiro atoms. The molecular weight excluding hydrogens is 134 g/mol. The first-order valence-electron chi connectivity index (χ1n) is 4.64. The molecule has 0 aromatic carbocycles. The number of nitrogens with zero attached hydrogens (tertiary/aromatic N) is 1. The van der Waals surface area contributed by atoms with Gasteiger partial charge in [0.15, 0.2) is 0 Å². The summed E-state index contributed by atoms with van der Waals surface area (Å²) in [5.74, 6) is 0.747. The van der Waals surface area contributed by atoms with E-state index in [0.717, 1.165) is 5.92 Å². The van der Waals surface area contributed by atoms with Crippen LogP contribution in [0.3, 0.4) is 0 Å². The highest BCUT2D eigenvalue weighted by Crippen LogP contribution is 2.25. The van der Waals surface area contributed by atoms with Crippen molar-refractivity contribution in [1.82, 2.24) is 0 Å². The molecule has 0 heterocycles. The first kappa shape index (κ1) is 8.59. The second-order valence-corrected chi connectivity index (χ2v) is 3.35. The zero-order valence-corrected chi connectivity index (χ0v) is 7.05. The monoisotopic (exact) mass is 150 g/mol. The molecule has 11 heavy (non-hydrogen) atoms. The number of hydrogen-bond donors (Lipinski definition) is 0. The van der Waals surface area contributed by atoms with Crippen molar-refractivity contribution >= 4 is 0 Å². The average molecular weight is 150 g/mol. The van der Waals surface area contributed by atoms with Crippen molar-refractivity contribution in [3.8, 4) is 6.07 Å². The average Bonchev–Trinajstić information content (AvgIpc) is 2.28. The van der Waals surface area contributed by atoms with Gasteiger partial charge in [-0.1, -0.05) is 38.5 Å². The third kappa shape index (κ3) is 3.41. The van der Waals surface area contributed by atoms with Gasteiger partial charge >= 0.3 is 0 Å². The summed E-state index contributed by atoms with van der Waals surface area (Å²) in [6, 6.07) is 2.18. The normalized spacial score (nSPS) is 20.6. The van der Waals surface area contributed by atoms with Crippen LogP contribution in [-0.4, -0.2) is 0 Å². The predicted octanol–water partition coefficient (Wildman–Crippen LogP) is 3.07. The second kappa shape index (κ2) is 5.18. The van der Waals surface area contributed by atoms with Crippen LogP contribution < -0.4 is 0 Å². The molecule has 0 aliphatic heterocycles. The fourth-order valence-corrected chi connectivity index (χ4v) is 1.77. The first-order valence-corrected chi connectivity index (χ1v) is 4.64. The lowest BCUT2D eigenvalue weighted by atomic mass is 9.95. The Morgan fingerprint density at radius 1 is 1.18 bits per heavy atom. The van der Waals surface area contributed by atoms with Gasteiger partial charge in [0.25, 0.3) is 0 Å². The van der Waals surface area contributed by atoms with Gasteiger partial charge in [0.05, 0.1) is 6.07 Å². The molecule has 1 heteroatoms. The van der Waals surface area contributed by atoms with Crippen LogP contribution in [0.2, 0.25) is 0 Å². The molecule has 0 aromatic heterocycles. The summed E-state index contributed by atoms with van der Waals surface area (Å²) >= 11 is 0. The van der Waals surface area contributed by atoms with Gasteiger partial charge in [-0.2, -0.15) is 5.26 Å². The Morgan fingerprint density at radius 3 is 2.36 bits per heavy atom. The minimum Gasteiger partial charge on any atom is -0.198 e. The van der Waals surface area contributed by atoms with Crippen LogP contribution in [0.1, 0.15) is 44.9 Å². The van der Waals surface area contributed by atoms with E-state index in [1.165, 1.54) is 38.5 Å². The van der Waals surface area contributed by atoms with Crippen molar-refractivity contribution in [1.29, 1.82) is 5.26 Å². The van der Waals surface area contributed by atoms with E-state index in [1.54, 1.807) is 0 Å². The molecule has 1 aliphatic rings. The van der Waals surface area contributed by atoms with Gasteiger partial charge in [-0.15, -0.1) is 0 Å². The second-order valence-electron chi connectivity index (χ2n) is 3.35. The van der Waals surface area contributed by atoms with E-state index < -0.39 is 0 Å². The molecular formula is C10H16N. The van der Waals surface area contributed by atoms with E-state index >= 15 is 0 Å². The largest absolute Gasteiger partial charge is 0.198 e. The van der Waals surface area contributed by atoms with Gasteiger partial charge in [0.2, 0.25) is 0 Å². The number of hydrogen-bond acceptors (Lipinski definition) is 1. The van der Waals surface area contributed by atoms with E-state index in [-0.39, 0.29) is 0 Å². The number of nitriles is 1. The molecule has 1 nitrogen and oxygen atoms in total. The van der Waals surface area contributed by atoms with Crippen molar-refractivity contribution in [3.63, 3.8) is 0 Å². The van der Waals surface area contributed by atoms with Gasteiger partial charge in [-0.3, -0.25) is 0 Å². The van der Waals surface area contributed by atoms with Gasteiger partial charge in [0.1, 0.15) is 0 Å². The van der Waals surface area contributed by atoms with Crippen molar-refractivity contribution in [2.75, 3.05) is 0 Å². The molecule has 0 N–H and O–H groups in total. The molecule has 1 radical (unpaired) electrons. The molecule has 1 aliphatic carbocycles. The summed E-state index contributed by atoms with van der Waals surface area (Å²) in [7, 11) is 0. The van der Waals surface area contributed by atoms with Crippen LogP contribution in [0.15, 0.2) is 0 Å². The van der Waals surface area contributed by atoms with E-state index in [0.29, 0.717) is 6.42 Å². The van der Waals surface area contributed by atoms with E-state index in [1.807, 2.05) is 0 Å². The fourth-order valence-electron chi connectivity index (χ4n) is 1.77. The molecule has 1 saturated carbocycles. The van der Waals surface area contributed by atoms with E-state index in [2.05, 4.69) is 12.5 Å². The molecule has 0 amide bonds. The highest BCUT2D eigenvalue weighted by molar-refractivity contribution is 4.86. The highest BCUT2D eigenvalue weighted by atomic mass is 14.2. The van der Waals surface area contributed by atoms with Gasteiger partial charge in [0, 0.05) is 6.42 Å². The summed E-state index contributed by atoms with van der Waals surface area (Å²) in [6.07, 6.45) is 11.0. The lowest BCUT2D eigenvalue weighted by Gasteiger charge is -2.09. The van der Waals surface area contributed by atoms with E-state index in [9.17, 15) is 0 Å². The summed E-state index contributed by atoms with van der Waals surface area (Å²) in [6.45, 7) is 0. The Kier molecular flexibility index (Phi) is 4.04. The molecule has 0 saturated heterocycles. The maximum Gasteiger partial charge on any atom is 0.0624 e. The van der Waals surface area contributed by atoms with Gasteiger partial charge in [-0.05, 0) is 12.3 Å². The van der Waals surface area contributed by atoms with Crippen molar-refractivity contribution in [2.24, 2.45) is 5.92 Å². The fraction of sp³-hybridized carbons (Fsp3) is 0.800. The summed E-state index contributed by atoms with van der Waals surface area (Å²) in [4.78, 5) is 0. The minimum atomic E-state index is 0.644. The van der Waals surface area contributed by atoms with Crippen LogP contribution in [0.4, 0.5) is 0 Å². The lowest BCUT2D eigenvalue weighted by Crippen LogP contribution is -1.98. The molecule has 61 valence electrons. The van der Waals surface area contributed by atoms with Crippen molar-refractivity contribution < 1.29 is 0 Å². The molecule has 1 rings (SSSR count). The molecule has 0 bridgehead atoms. The SMILES string of the molecule is N#CC[CH]C1CCCCCC1. The minimum absolute atomic E-state index is 0.644. The molecule has 0 aromatic rings. The van der Waals surface area contributed by atoms with Crippen LogP contribution in [0, 0.1) is 23.7 Å². The van der Waals surface area contributed by atoms with Crippen LogP contribution >= 0.6 is 0 Å². The molecule has 0 unspecified atom stereocenters. The standard InChI is InChI=1S/C10H16N/c11-9-5-8-10-6-3-1-2-4-7-10/h8,10H,1-7H2. The van der Waals surface area contributed by atoms with Crippen LogP contribution in [0.25, 0.3) is 0 Å².